The van der Waals surface area contributed by atoms with E-state index in [1.54, 1.807) is 19.9 Å². The van der Waals surface area contributed by atoms with Gasteiger partial charge in [0.25, 0.3) is 10.0 Å². The van der Waals surface area contributed by atoms with Crippen LogP contribution in [0, 0.1) is 12.7 Å². The predicted molar refractivity (Wildman–Crippen MR) is 136 cm³/mol. The number of hydrogen-bond donors (Lipinski definition) is 1. The molecule has 0 aliphatic rings. The zero-order chi connectivity index (χ0) is 27.2. The minimum atomic E-state index is -4.42. The van der Waals surface area contributed by atoms with Crippen molar-refractivity contribution in [2.45, 2.75) is 18.7 Å². The molecule has 1 amide bonds. The van der Waals surface area contributed by atoms with Crippen molar-refractivity contribution in [1.29, 1.82) is 0 Å². The lowest BCUT2D eigenvalue weighted by Gasteiger charge is -2.25. The van der Waals surface area contributed by atoms with Gasteiger partial charge in [-0.1, -0.05) is 12.1 Å². The second-order valence-electron chi connectivity index (χ2n) is 7.78. The molecule has 0 saturated carbocycles. The molecule has 0 bridgehead atoms. The minimum absolute atomic E-state index is 0.152. The number of aryl methyl sites for hydroxylation is 1. The van der Waals surface area contributed by atoms with E-state index in [0.29, 0.717) is 26.9 Å². The number of rotatable bonds is 10. The molecule has 3 rings (SSSR count). The summed E-state index contributed by atoms with van der Waals surface area (Å²) in [5, 5.41) is 2.63. The van der Waals surface area contributed by atoms with E-state index in [1.165, 1.54) is 62.8 Å². The predicted octanol–water partition coefficient (Wildman–Crippen LogP) is 4.16. The Bertz CT molecular complexity index is 1410. The van der Waals surface area contributed by atoms with Crippen molar-refractivity contribution in [2.24, 2.45) is 0 Å². The fraction of sp³-hybridized carbons (Fsp3) is 0.231. The number of nitrogens with one attached hydrogen (secondary N) is 1. The Morgan fingerprint density at radius 2 is 1.68 bits per heavy atom. The minimum Gasteiger partial charge on any atom is -0.493 e. The summed E-state index contributed by atoms with van der Waals surface area (Å²) < 4.78 is 58.0. The number of sulfonamides is 1. The Labute approximate surface area is 214 Å². The van der Waals surface area contributed by atoms with Gasteiger partial charge in [-0.2, -0.15) is 0 Å². The molecule has 0 saturated heterocycles. The molecule has 0 radical (unpaired) electrons. The average Bonchev–Trinajstić information content (AvgIpc) is 2.88. The number of carbonyl (C=O) groups is 2. The van der Waals surface area contributed by atoms with Gasteiger partial charge in [0.05, 0.1) is 37.0 Å². The quantitative estimate of drug-likeness (QED) is 0.392. The molecule has 0 aliphatic heterocycles. The molecule has 9 nitrogen and oxygen atoms in total. The topological polar surface area (TPSA) is 111 Å². The van der Waals surface area contributed by atoms with Crippen LogP contribution in [-0.2, 0) is 19.6 Å². The van der Waals surface area contributed by atoms with Crippen LogP contribution in [0.2, 0.25) is 0 Å². The van der Waals surface area contributed by atoms with Crippen LogP contribution in [0.25, 0.3) is 0 Å². The van der Waals surface area contributed by atoms with E-state index in [9.17, 15) is 22.4 Å². The number of para-hydroxylation sites is 1. The van der Waals surface area contributed by atoms with Gasteiger partial charge in [-0.25, -0.2) is 17.6 Å². The molecule has 3 aromatic rings. The monoisotopic (exact) mass is 530 g/mol. The summed E-state index contributed by atoms with van der Waals surface area (Å²) in [6.45, 7) is 2.86. The average molecular weight is 531 g/mol. The van der Waals surface area contributed by atoms with Crippen LogP contribution in [0.15, 0.2) is 65.6 Å². The highest BCUT2D eigenvalue weighted by Gasteiger charge is 2.30. The van der Waals surface area contributed by atoms with Crippen molar-refractivity contribution >= 4 is 33.3 Å². The van der Waals surface area contributed by atoms with E-state index < -0.39 is 34.3 Å². The number of nitrogens with zero attached hydrogens (tertiary/aromatic N) is 1. The fourth-order valence-electron chi connectivity index (χ4n) is 3.52. The van der Waals surface area contributed by atoms with Gasteiger partial charge in [-0.3, -0.25) is 9.10 Å². The molecule has 3 aromatic carbocycles. The molecule has 0 spiro atoms. The number of esters is 1. The lowest BCUT2D eigenvalue weighted by molar-refractivity contribution is -0.114. The van der Waals surface area contributed by atoms with Crippen molar-refractivity contribution in [3.8, 4) is 11.5 Å². The summed E-state index contributed by atoms with van der Waals surface area (Å²) in [5.41, 5.74) is 0.914. The van der Waals surface area contributed by atoms with Gasteiger partial charge in [-0.15, -0.1) is 0 Å². The van der Waals surface area contributed by atoms with Crippen LogP contribution in [0.3, 0.4) is 0 Å². The van der Waals surface area contributed by atoms with E-state index in [2.05, 4.69) is 5.32 Å². The van der Waals surface area contributed by atoms with Crippen LogP contribution in [0.5, 0.6) is 11.5 Å². The second kappa shape index (κ2) is 11.7. The molecule has 0 aromatic heterocycles. The molecule has 0 aliphatic carbocycles. The molecular weight excluding hydrogens is 503 g/mol. The van der Waals surface area contributed by atoms with Crippen molar-refractivity contribution in [3.63, 3.8) is 0 Å². The number of halogens is 1. The maximum absolute atomic E-state index is 14.7. The van der Waals surface area contributed by atoms with E-state index in [0.717, 1.165) is 6.07 Å². The number of ether oxygens (including phenoxy) is 3. The number of anilines is 2. The molecule has 0 unspecified atom stereocenters. The van der Waals surface area contributed by atoms with Gasteiger partial charge in [0.1, 0.15) is 12.4 Å². The maximum atomic E-state index is 14.7. The van der Waals surface area contributed by atoms with E-state index >= 15 is 0 Å². The van der Waals surface area contributed by atoms with Crippen LogP contribution in [0.1, 0.15) is 22.8 Å². The van der Waals surface area contributed by atoms with Gasteiger partial charge >= 0.3 is 5.97 Å². The number of carbonyl (C=O) groups excluding carboxylic acids is 2. The largest absolute Gasteiger partial charge is 0.493 e. The number of amides is 1. The van der Waals surface area contributed by atoms with Gasteiger partial charge in [0.2, 0.25) is 5.91 Å². The summed E-state index contributed by atoms with van der Waals surface area (Å²) in [6.07, 6.45) is 0. The Balaban J connectivity index is 1.95. The summed E-state index contributed by atoms with van der Waals surface area (Å²) in [6, 6.07) is 13.7. The second-order valence-corrected chi connectivity index (χ2v) is 9.64. The zero-order valence-electron chi connectivity index (χ0n) is 20.8. The Kier molecular flexibility index (Phi) is 8.72. The van der Waals surface area contributed by atoms with Crippen LogP contribution in [-0.4, -0.2) is 47.7 Å². The molecular formula is C26H27FN2O7S. The first-order valence-corrected chi connectivity index (χ1v) is 12.6. The van der Waals surface area contributed by atoms with Crippen molar-refractivity contribution in [3.05, 3.63) is 77.6 Å². The lowest BCUT2D eigenvalue weighted by Crippen LogP contribution is -2.38. The molecule has 37 heavy (non-hydrogen) atoms. The SMILES string of the molecule is CCOC(=O)c1ccc(NC(=O)CN(c2ccccc2F)S(=O)(=O)c2ccc(OC)c(OC)c2)c(C)c1. The molecule has 1 N–H and O–H groups in total. The summed E-state index contributed by atoms with van der Waals surface area (Å²) >= 11 is 0. The maximum Gasteiger partial charge on any atom is 0.338 e. The summed E-state index contributed by atoms with van der Waals surface area (Å²) in [5.74, 6) is -1.60. The molecule has 196 valence electrons. The third-order valence-electron chi connectivity index (χ3n) is 5.36. The third kappa shape index (κ3) is 6.18. The molecule has 0 heterocycles. The number of benzene rings is 3. The Morgan fingerprint density at radius 1 is 0.973 bits per heavy atom. The summed E-state index contributed by atoms with van der Waals surface area (Å²) in [7, 11) is -1.66. The first-order valence-electron chi connectivity index (χ1n) is 11.2. The van der Waals surface area contributed by atoms with Gasteiger partial charge in [0, 0.05) is 11.8 Å². The molecule has 11 heteroatoms. The van der Waals surface area contributed by atoms with Crippen molar-refractivity contribution in [1.82, 2.24) is 0 Å². The van der Waals surface area contributed by atoms with Crippen LogP contribution >= 0.6 is 0 Å². The first-order chi connectivity index (χ1) is 17.6. The highest BCUT2D eigenvalue weighted by Crippen LogP contribution is 2.33. The Hall–Kier alpha value is -4.12. The van der Waals surface area contributed by atoms with E-state index in [-0.39, 0.29) is 22.9 Å². The van der Waals surface area contributed by atoms with Crippen molar-refractivity contribution in [2.75, 3.05) is 37.0 Å². The summed E-state index contributed by atoms with van der Waals surface area (Å²) in [4.78, 5) is 24.7. The smallest absolute Gasteiger partial charge is 0.338 e. The van der Waals surface area contributed by atoms with Crippen LogP contribution < -0.4 is 19.1 Å². The van der Waals surface area contributed by atoms with Crippen molar-refractivity contribution < 1.29 is 36.6 Å². The fourth-order valence-corrected chi connectivity index (χ4v) is 4.97. The zero-order valence-corrected chi connectivity index (χ0v) is 21.6. The van der Waals surface area contributed by atoms with E-state index in [4.69, 9.17) is 14.2 Å². The van der Waals surface area contributed by atoms with Gasteiger partial charge < -0.3 is 19.5 Å². The lowest BCUT2D eigenvalue weighted by atomic mass is 10.1. The highest BCUT2D eigenvalue weighted by molar-refractivity contribution is 7.92. The molecule has 0 fully saturated rings. The highest BCUT2D eigenvalue weighted by atomic mass is 32.2. The number of hydrogen-bond acceptors (Lipinski definition) is 7. The first kappa shape index (κ1) is 27.5. The molecule has 0 atom stereocenters. The Morgan fingerprint density at radius 3 is 2.30 bits per heavy atom. The normalized spacial score (nSPS) is 10.9. The van der Waals surface area contributed by atoms with Crippen LogP contribution in [0.4, 0.5) is 15.8 Å². The third-order valence-corrected chi connectivity index (χ3v) is 7.12. The standard InChI is InChI=1S/C26H27FN2O7S/c1-5-36-26(31)18-10-12-21(17(2)14-18)28-25(30)16-29(22-9-7-6-8-20(22)27)37(32,33)19-11-13-23(34-3)24(15-19)35-4/h6-15H,5,16H2,1-4H3,(H,28,30). The van der Waals surface area contributed by atoms with Gasteiger partial charge in [0.15, 0.2) is 11.5 Å². The number of methoxy groups -OCH3 is 2. The van der Waals surface area contributed by atoms with Gasteiger partial charge in [-0.05, 0) is 61.9 Å². The van der Waals surface area contributed by atoms with E-state index in [1.807, 2.05) is 0 Å².